The molecule has 2 N–H and O–H groups in total. The molecule has 80 valence electrons. The molecule has 15 heavy (non-hydrogen) atoms. The van der Waals surface area contributed by atoms with E-state index in [1.165, 1.54) is 0 Å². The predicted molar refractivity (Wildman–Crippen MR) is 63.1 cm³/mol. The zero-order valence-corrected chi connectivity index (χ0v) is 9.58. The number of rotatable bonds is 2. The van der Waals surface area contributed by atoms with Gasteiger partial charge in [0.1, 0.15) is 6.10 Å². The molecule has 0 spiro atoms. The van der Waals surface area contributed by atoms with Crippen molar-refractivity contribution >= 4 is 21.4 Å². The van der Waals surface area contributed by atoms with Crippen molar-refractivity contribution in [3.05, 3.63) is 35.2 Å². The Labute approximate surface area is 92.8 Å². The Hall–Kier alpha value is -0.900. The molecule has 0 amide bonds. The van der Waals surface area contributed by atoms with Crippen LogP contribution in [0.15, 0.2) is 29.6 Å². The zero-order chi connectivity index (χ0) is 11.1. The number of aliphatic hydroxyl groups is 2. The molecular weight excluding hydrogens is 208 g/mol. The lowest BCUT2D eigenvalue weighted by Crippen LogP contribution is -2.28. The summed E-state index contributed by atoms with van der Waals surface area (Å²) in [4.78, 5) is 0. The van der Waals surface area contributed by atoms with E-state index < -0.39 is 11.7 Å². The minimum atomic E-state index is -1.11. The Balaban J connectivity index is 2.56. The van der Waals surface area contributed by atoms with Gasteiger partial charge in [0.15, 0.2) is 0 Å². The summed E-state index contributed by atoms with van der Waals surface area (Å²) in [5, 5.41) is 22.9. The molecule has 1 atom stereocenters. The first kappa shape index (κ1) is 10.6. The van der Waals surface area contributed by atoms with Gasteiger partial charge in [0, 0.05) is 10.3 Å². The third-order valence-corrected chi connectivity index (χ3v) is 3.45. The first-order valence-electron chi connectivity index (χ1n) is 4.87. The van der Waals surface area contributed by atoms with E-state index in [9.17, 15) is 10.2 Å². The number of aliphatic hydroxyl groups excluding tert-OH is 1. The standard InChI is InChI=1S/C12H14O2S/c1-12(2,14)11(13)9-5-3-4-8-6-7-15-10(8)9/h3-7,11,13-14H,1-2H3. The number of hydrogen-bond acceptors (Lipinski definition) is 3. The summed E-state index contributed by atoms with van der Waals surface area (Å²) >= 11 is 1.59. The van der Waals surface area contributed by atoms with Gasteiger partial charge in [0.2, 0.25) is 0 Å². The summed E-state index contributed by atoms with van der Waals surface area (Å²) in [6.07, 6.45) is -0.847. The molecule has 2 nitrogen and oxygen atoms in total. The molecule has 0 aliphatic heterocycles. The molecule has 0 aliphatic carbocycles. The second-order valence-electron chi connectivity index (χ2n) is 4.24. The van der Waals surface area contributed by atoms with E-state index in [1.807, 2.05) is 29.6 Å². The Morgan fingerprint density at radius 2 is 2.00 bits per heavy atom. The van der Waals surface area contributed by atoms with Crippen LogP contribution in [0.5, 0.6) is 0 Å². The number of hydrogen-bond donors (Lipinski definition) is 2. The van der Waals surface area contributed by atoms with Gasteiger partial charge in [-0.2, -0.15) is 0 Å². The van der Waals surface area contributed by atoms with Crippen LogP contribution in [-0.4, -0.2) is 15.8 Å². The van der Waals surface area contributed by atoms with Crippen LogP contribution < -0.4 is 0 Å². The van der Waals surface area contributed by atoms with Crippen molar-refractivity contribution in [1.29, 1.82) is 0 Å². The van der Waals surface area contributed by atoms with Gasteiger partial charge in [-0.3, -0.25) is 0 Å². The average Bonchev–Trinajstić information content (AvgIpc) is 2.62. The van der Waals surface area contributed by atoms with Crippen LogP contribution in [0.2, 0.25) is 0 Å². The molecule has 0 aliphatic rings. The molecule has 2 rings (SSSR count). The monoisotopic (exact) mass is 222 g/mol. The van der Waals surface area contributed by atoms with E-state index in [-0.39, 0.29) is 0 Å². The van der Waals surface area contributed by atoms with Crippen LogP contribution in [0.1, 0.15) is 25.5 Å². The van der Waals surface area contributed by atoms with Crippen LogP contribution in [0.3, 0.4) is 0 Å². The van der Waals surface area contributed by atoms with Crippen LogP contribution in [0, 0.1) is 0 Å². The van der Waals surface area contributed by atoms with Gasteiger partial charge in [-0.1, -0.05) is 18.2 Å². The molecule has 1 aromatic carbocycles. The van der Waals surface area contributed by atoms with Gasteiger partial charge in [-0.05, 0) is 30.7 Å². The fraction of sp³-hybridized carbons (Fsp3) is 0.333. The lowest BCUT2D eigenvalue weighted by molar-refractivity contribution is -0.0488. The molecule has 0 radical (unpaired) electrons. The molecule has 2 aromatic rings. The average molecular weight is 222 g/mol. The van der Waals surface area contributed by atoms with Gasteiger partial charge in [0.25, 0.3) is 0 Å². The maximum atomic E-state index is 10.0. The summed E-state index contributed by atoms with van der Waals surface area (Å²) < 4.78 is 1.05. The Morgan fingerprint density at radius 3 is 2.67 bits per heavy atom. The highest BCUT2D eigenvalue weighted by Gasteiger charge is 2.27. The highest BCUT2D eigenvalue weighted by Crippen LogP contribution is 2.33. The van der Waals surface area contributed by atoms with Crippen molar-refractivity contribution < 1.29 is 10.2 Å². The maximum absolute atomic E-state index is 10.0. The number of benzene rings is 1. The highest BCUT2D eigenvalue weighted by molar-refractivity contribution is 7.17. The lowest BCUT2D eigenvalue weighted by atomic mass is 9.94. The summed E-state index contributed by atoms with van der Waals surface area (Å²) in [5.74, 6) is 0. The largest absolute Gasteiger partial charge is 0.387 e. The lowest BCUT2D eigenvalue weighted by Gasteiger charge is -2.25. The Morgan fingerprint density at radius 1 is 1.27 bits per heavy atom. The fourth-order valence-corrected chi connectivity index (χ4v) is 2.55. The van der Waals surface area contributed by atoms with E-state index in [0.717, 1.165) is 15.6 Å². The molecular formula is C12H14O2S. The molecule has 1 aromatic heterocycles. The topological polar surface area (TPSA) is 40.5 Å². The number of fused-ring (bicyclic) bond motifs is 1. The molecule has 0 bridgehead atoms. The first-order valence-corrected chi connectivity index (χ1v) is 5.74. The smallest absolute Gasteiger partial charge is 0.108 e. The molecule has 0 saturated carbocycles. The van der Waals surface area contributed by atoms with E-state index in [2.05, 4.69) is 0 Å². The summed E-state index contributed by atoms with van der Waals surface area (Å²) in [5.41, 5.74) is -0.312. The van der Waals surface area contributed by atoms with Crippen molar-refractivity contribution in [3.63, 3.8) is 0 Å². The minimum Gasteiger partial charge on any atom is -0.387 e. The number of thiophene rings is 1. The maximum Gasteiger partial charge on any atom is 0.108 e. The van der Waals surface area contributed by atoms with Gasteiger partial charge in [-0.25, -0.2) is 0 Å². The Bertz CT molecular complexity index is 468. The molecule has 1 unspecified atom stereocenters. The van der Waals surface area contributed by atoms with Crippen molar-refractivity contribution in [2.24, 2.45) is 0 Å². The molecule has 0 fully saturated rings. The van der Waals surface area contributed by atoms with Gasteiger partial charge in [0.05, 0.1) is 5.60 Å². The third-order valence-electron chi connectivity index (χ3n) is 2.47. The quantitative estimate of drug-likeness (QED) is 0.820. The van der Waals surface area contributed by atoms with Gasteiger partial charge in [-0.15, -0.1) is 11.3 Å². The zero-order valence-electron chi connectivity index (χ0n) is 8.77. The molecule has 0 saturated heterocycles. The van der Waals surface area contributed by atoms with Crippen LogP contribution >= 0.6 is 11.3 Å². The molecule has 1 heterocycles. The normalized spacial score (nSPS) is 14.4. The minimum absolute atomic E-state index is 0.801. The summed E-state index contributed by atoms with van der Waals surface area (Å²) in [7, 11) is 0. The van der Waals surface area contributed by atoms with E-state index >= 15 is 0 Å². The van der Waals surface area contributed by atoms with Crippen molar-refractivity contribution in [2.45, 2.75) is 25.6 Å². The van der Waals surface area contributed by atoms with Crippen molar-refractivity contribution in [2.75, 3.05) is 0 Å². The fourth-order valence-electron chi connectivity index (χ4n) is 1.61. The van der Waals surface area contributed by atoms with E-state index in [1.54, 1.807) is 25.2 Å². The second-order valence-corrected chi connectivity index (χ2v) is 5.16. The van der Waals surface area contributed by atoms with E-state index in [4.69, 9.17) is 0 Å². The third kappa shape index (κ3) is 1.91. The highest BCUT2D eigenvalue weighted by atomic mass is 32.1. The Kier molecular flexibility index (Phi) is 2.54. The van der Waals surface area contributed by atoms with Crippen LogP contribution in [0.25, 0.3) is 10.1 Å². The summed E-state index contributed by atoms with van der Waals surface area (Å²) in [6, 6.07) is 7.79. The second kappa shape index (κ2) is 3.59. The van der Waals surface area contributed by atoms with Gasteiger partial charge >= 0.3 is 0 Å². The van der Waals surface area contributed by atoms with Crippen LogP contribution in [-0.2, 0) is 0 Å². The first-order chi connectivity index (χ1) is 7.00. The predicted octanol–water partition coefficient (Wildman–Crippen LogP) is 2.71. The van der Waals surface area contributed by atoms with Gasteiger partial charge < -0.3 is 10.2 Å². The van der Waals surface area contributed by atoms with Crippen molar-refractivity contribution in [1.82, 2.24) is 0 Å². The SMILES string of the molecule is CC(C)(O)C(O)c1cccc2ccsc12. The molecule has 3 heteroatoms. The van der Waals surface area contributed by atoms with Crippen LogP contribution in [0.4, 0.5) is 0 Å². The summed E-state index contributed by atoms with van der Waals surface area (Å²) in [6.45, 7) is 3.23. The van der Waals surface area contributed by atoms with Crippen molar-refractivity contribution in [3.8, 4) is 0 Å². The van der Waals surface area contributed by atoms with E-state index in [0.29, 0.717) is 0 Å².